The van der Waals surface area contributed by atoms with E-state index in [0.717, 1.165) is 17.9 Å². The van der Waals surface area contributed by atoms with E-state index in [-0.39, 0.29) is 17.7 Å². The maximum atomic E-state index is 11.6. The van der Waals surface area contributed by atoms with Gasteiger partial charge < -0.3 is 11.1 Å². The largest absolute Gasteiger partial charge is 0.393 e. The van der Waals surface area contributed by atoms with Crippen molar-refractivity contribution in [3.05, 3.63) is 0 Å². The molecule has 1 rings (SSSR count). The van der Waals surface area contributed by atoms with E-state index < -0.39 is 0 Å². The molecule has 3 nitrogen and oxygen atoms in total. The lowest BCUT2D eigenvalue weighted by Crippen LogP contribution is -2.37. The van der Waals surface area contributed by atoms with Crippen molar-refractivity contribution < 1.29 is 4.79 Å². The Balaban J connectivity index is 2.23. The topological polar surface area (TPSA) is 55.1 Å². The first kappa shape index (κ1) is 11.8. The van der Waals surface area contributed by atoms with Crippen molar-refractivity contribution in [1.82, 2.24) is 5.32 Å². The highest BCUT2D eigenvalue weighted by atomic mass is 32.2. The lowest BCUT2D eigenvalue weighted by molar-refractivity contribution is -0.124. The van der Waals surface area contributed by atoms with E-state index in [9.17, 15) is 4.79 Å². The summed E-state index contributed by atoms with van der Waals surface area (Å²) in [5.41, 5.74) is 5.45. The van der Waals surface area contributed by atoms with Crippen LogP contribution in [0.2, 0.25) is 0 Å². The molecule has 14 heavy (non-hydrogen) atoms. The van der Waals surface area contributed by atoms with Gasteiger partial charge in [-0.1, -0.05) is 19.1 Å². The molecule has 1 fully saturated rings. The number of rotatable bonds is 4. The minimum absolute atomic E-state index is 0.0861. The molecule has 0 saturated carbocycles. The fraction of sp³-hybridized carbons (Fsp3) is 0.778. The molecule has 0 spiro atoms. The summed E-state index contributed by atoms with van der Waals surface area (Å²) in [6.45, 7) is 2.49. The molecule has 1 aliphatic rings. The van der Waals surface area contributed by atoms with Crippen LogP contribution in [0.5, 0.6) is 0 Å². The molecule has 0 aromatic rings. The molecule has 2 unspecified atom stereocenters. The lowest BCUT2D eigenvalue weighted by atomic mass is 10.1. The molecule has 1 aliphatic heterocycles. The number of amides is 1. The van der Waals surface area contributed by atoms with E-state index in [1.807, 2.05) is 18.7 Å². The average Bonchev–Trinajstić information content (AvgIpc) is 2.66. The zero-order valence-electron chi connectivity index (χ0n) is 8.29. The Hall–Kier alpha value is -0.290. The van der Waals surface area contributed by atoms with E-state index >= 15 is 0 Å². The van der Waals surface area contributed by atoms with Crippen molar-refractivity contribution in [2.45, 2.75) is 13.3 Å². The van der Waals surface area contributed by atoms with Gasteiger partial charge >= 0.3 is 0 Å². The smallest absolute Gasteiger partial charge is 0.223 e. The monoisotopic (exact) mass is 232 g/mol. The highest BCUT2D eigenvalue weighted by Crippen LogP contribution is 2.23. The first-order chi connectivity index (χ1) is 6.61. The molecule has 80 valence electrons. The average molecular weight is 232 g/mol. The van der Waals surface area contributed by atoms with Crippen LogP contribution in [0.4, 0.5) is 0 Å². The fourth-order valence-corrected chi connectivity index (χ4v) is 2.54. The van der Waals surface area contributed by atoms with Gasteiger partial charge in [-0.25, -0.2) is 0 Å². The second-order valence-electron chi connectivity index (χ2n) is 3.61. The minimum Gasteiger partial charge on any atom is -0.393 e. The van der Waals surface area contributed by atoms with E-state index in [1.165, 1.54) is 0 Å². The van der Waals surface area contributed by atoms with Crippen molar-refractivity contribution in [3.8, 4) is 0 Å². The van der Waals surface area contributed by atoms with Crippen molar-refractivity contribution >= 4 is 34.9 Å². The quantitative estimate of drug-likeness (QED) is 0.703. The van der Waals surface area contributed by atoms with E-state index in [0.29, 0.717) is 11.5 Å². The van der Waals surface area contributed by atoms with E-state index in [2.05, 4.69) is 5.32 Å². The van der Waals surface area contributed by atoms with Gasteiger partial charge in [0.15, 0.2) is 0 Å². The summed E-state index contributed by atoms with van der Waals surface area (Å²) in [5, 5.41) is 2.89. The Bertz CT molecular complexity index is 227. The van der Waals surface area contributed by atoms with Crippen LogP contribution in [-0.2, 0) is 4.79 Å². The number of carbonyl (C=O) groups excluding carboxylic acids is 1. The zero-order valence-corrected chi connectivity index (χ0v) is 9.92. The molecule has 5 heteroatoms. The standard InChI is InChI=1S/C9H16N2OS2/c1-6(8(10)13)4-11-9(12)7-2-3-14-5-7/h6-7H,2-5H2,1H3,(H2,10,13)(H,11,12). The molecule has 0 aliphatic carbocycles. The van der Waals surface area contributed by atoms with Gasteiger partial charge in [-0.2, -0.15) is 11.8 Å². The minimum atomic E-state index is 0.0861. The predicted molar refractivity (Wildman–Crippen MR) is 64.4 cm³/mol. The number of nitrogens with one attached hydrogen (secondary N) is 1. The van der Waals surface area contributed by atoms with Gasteiger partial charge in [-0.15, -0.1) is 0 Å². The van der Waals surface area contributed by atoms with Crippen LogP contribution >= 0.6 is 24.0 Å². The number of carbonyl (C=O) groups is 1. The third kappa shape index (κ3) is 3.46. The third-order valence-electron chi connectivity index (χ3n) is 2.37. The number of thiocarbonyl (C=S) groups is 1. The third-order valence-corrected chi connectivity index (χ3v) is 3.93. The Morgan fingerprint density at radius 1 is 1.79 bits per heavy atom. The first-order valence-electron chi connectivity index (χ1n) is 4.76. The summed E-state index contributed by atoms with van der Waals surface area (Å²) >= 11 is 6.67. The molecule has 1 amide bonds. The Morgan fingerprint density at radius 3 is 3.00 bits per heavy atom. The summed E-state index contributed by atoms with van der Waals surface area (Å²) in [7, 11) is 0. The molecule has 0 radical (unpaired) electrons. The van der Waals surface area contributed by atoms with Crippen LogP contribution in [0.1, 0.15) is 13.3 Å². The van der Waals surface area contributed by atoms with Crippen molar-refractivity contribution in [3.63, 3.8) is 0 Å². The van der Waals surface area contributed by atoms with Crippen molar-refractivity contribution in [1.29, 1.82) is 0 Å². The number of hydrogen-bond donors (Lipinski definition) is 2. The maximum Gasteiger partial charge on any atom is 0.223 e. The molecule has 1 saturated heterocycles. The van der Waals surface area contributed by atoms with Crippen molar-refractivity contribution in [2.75, 3.05) is 18.1 Å². The van der Waals surface area contributed by atoms with Gasteiger partial charge in [-0.3, -0.25) is 4.79 Å². The van der Waals surface area contributed by atoms with E-state index in [1.54, 1.807) is 0 Å². The number of hydrogen-bond acceptors (Lipinski definition) is 3. The predicted octanol–water partition coefficient (Wildman–Crippen LogP) is 0.778. The maximum absolute atomic E-state index is 11.6. The fourth-order valence-electron chi connectivity index (χ4n) is 1.24. The summed E-state index contributed by atoms with van der Waals surface area (Å²) in [6.07, 6.45) is 0.998. The highest BCUT2D eigenvalue weighted by molar-refractivity contribution is 7.99. The Labute approximate surface area is 94.2 Å². The first-order valence-corrected chi connectivity index (χ1v) is 6.32. The molecule has 1 heterocycles. The normalized spacial score (nSPS) is 23.1. The number of thioether (sulfide) groups is 1. The molecule has 0 bridgehead atoms. The second-order valence-corrected chi connectivity index (χ2v) is 5.23. The van der Waals surface area contributed by atoms with Gasteiger partial charge in [0, 0.05) is 24.1 Å². The molecule has 3 N–H and O–H groups in total. The van der Waals surface area contributed by atoms with Crippen LogP contribution in [0.25, 0.3) is 0 Å². The van der Waals surface area contributed by atoms with Gasteiger partial charge in [0.2, 0.25) is 5.91 Å². The molecular formula is C9H16N2OS2. The molecular weight excluding hydrogens is 216 g/mol. The van der Waals surface area contributed by atoms with Crippen LogP contribution in [0.3, 0.4) is 0 Å². The van der Waals surface area contributed by atoms with Crippen LogP contribution in [0, 0.1) is 11.8 Å². The van der Waals surface area contributed by atoms with Gasteiger partial charge in [-0.05, 0) is 12.2 Å². The molecule has 0 aromatic heterocycles. The summed E-state index contributed by atoms with van der Waals surface area (Å²) < 4.78 is 0. The van der Waals surface area contributed by atoms with Crippen LogP contribution in [0.15, 0.2) is 0 Å². The van der Waals surface area contributed by atoms with Crippen molar-refractivity contribution in [2.24, 2.45) is 17.6 Å². The molecule has 2 atom stereocenters. The van der Waals surface area contributed by atoms with Crippen LogP contribution in [-0.4, -0.2) is 28.9 Å². The van der Waals surface area contributed by atoms with Crippen LogP contribution < -0.4 is 11.1 Å². The summed E-state index contributed by atoms with van der Waals surface area (Å²) in [6, 6.07) is 0. The SMILES string of the molecule is CC(CNC(=O)C1CCSC1)C(N)=S. The lowest BCUT2D eigenvalue weighted by Gasteiger charge is -2.13. The zero-order chi connectivity index (χ0) is 10.6. The van der Waals surface area contributed by atoms with Gasteiger partial charge in [0.05, 0.1) is 4.99 Å². The highest BCUT2D eigenvalue weighted by Gasteiger charge is 2.23. The number of nitrogens with two attached hydrogens (primary N) is 1. The summed E-state index contributed by atoms with van der Waals surface area (Å²) in [4.78, 5) is 12.0. The summed E-state index contributed by atoms with van der Waals surface area (Å²) in [5.74, 6) is 2.48. The Kier molecular flexibility index (Phi) is 4.68. The molecule has 0 aromatic carbocycles. The van der Waals surface area contributed by atoms with Gasteiger partial charge in [0.1, 0.15) is 0 Å². The van der Waals surface area contributed by atoms with E-state index in [4.69, 9.17) is 18.0 Å². The van der Waals surface area contributed by atoms with Gasteiger partial charge in [0.25, 0.3) is 0 Å². The second kappa shape index (κ2) is 5.56. The Morgan fingerprint density at radius 2 is 2.50 bits per heavy atom.